The summed E-state index contributed by atoms with van der Waals surface area (Å²) in [6.45, 7) is 4.48. The fourth-order valence-corrected chi connectivity index (χ4v) is 4.66. The summed E-state index contributed by atoms with van der Waals surface area (Å²) in [7, 11) is 1.90. The van der Waals surface area contributed by atoms with Crippen molar-refractivity contribution in [3.63, 3.8) is 0 Å². The molecule has 1 saturated heterocycles. The van der Waals surface area contributed by atoms with Crippen LogP contribution in [0.25, 0.3) is 0 Å². The van der Waals surface area contributed by atoms with Crippen LogP contribution in [-0.4, -0.2) is 41.9 Å². The van der Waals surface area contributed by atoms with E-state index in [1.807, 2.05) is 29.4 Å². The van der Waals surface area contributed by atoms with Gasteiger partial charge in [-0.3, -0.25) is 9.69 Å². The molecule has 2 atom stereocenters. The summed E-state index contributed by atoms with van der Waals surface area (Å²) >= 11 is 3.54. The first kappa shape index (κ1) is 15.7. The van der Waals surface area contributed by atoms with E-state index in [0.29, 0.717) is 25.0 Å². The Balaban J connectivity index is 1.55. The summed E-state index contributed by atoms with van der Waals surface area (Å²) in [6.07, 6.45) is 1.16. The van der Waals surface area contributed by atoms with Crippen LogP contribution < -0.4 is 0 Å². The molecule has 118 valence electrons. The topological polar surface area (TPSA) is 23.6 Å². The van der Waals surface area contributed by atoms with Gasteiger partial charge in [-0.25, -0.2) is 0 Å². The molecule has 0 saturated carbocycles. The van der Waals surface area contributed by atoms with Gasteiger partial charge in [0.05, 0.1) is 13.1 Å². The molecule has 2 aromatic heterocycles. The van der Waals surface area contributed by atoms with Crippen molar-refractivity contribution in [2.45, 2.75) is 31.8 Å². The predicted molar refractivity (Wildman–Crippen MR) is 93.5 cm³/mol. The molecule has 0 spiro atoms. The van der Waals surface area contributed by atoms with Crippen molar-refractivity contribution in [3.05, 3.63) is 44.8 Å². The quantitative estimate of drug-likeness (QED) is 0.833. The van der Waals surface area contributed by atoms with E-state index in [4.69, 9.17) is 0 Å². The number of thiophene rings is 2. The summed E-state index contributed by atoms with van der Waals surface area (Å²) in [5.74, 6) is 0.803. The molecular formula is C17H22N2OS2. The van der Waals surface area contributed by atoms with Crippen LogP contribution in [-0.2, 0) is 11.3 Å². The molecule has 1 aliphatic heterocycles. The van der Waals surface area contributed by atoms with Gasteiger partial charge >= 0.3 is 0 Å². The van der Waals surface area contributed by atoms with E-state index in [1.54, 1.807) is 11.3 Å². The number of hydrogen-bond acceptors (Lipinski definition) is 4. The van der Waals surface area contributed by atoms with E-state index in [0.717, 1.165) is 13.0 Å². The van der Waals surface area contributed by atoms with Crippen LogP contribution in [0.15, 0.2) is 35.0 Å². The second kappa shape index (κ2) is 6.94. The third-order valence-electron chi connectivity index (χ3n) is 4.39. The van der Waals surface area contributed by atoms with Crippen LogP contribution in [0.4, 0.5) is 0 Å². The number of rotatable bonds is 5. The molecule has 3 heterocycles. The summed E-state index contributed by atoms with van der Waals surface area (Å²) in [5, 5.41) is 4.20. The monoisotopic (exact) mass is 334 g/mol. The molecule has 2 unspecified atom stereocenters. The summed E-state index contributed by atoms with van der Waals surface area (Å²) in [5.41, 5.74) is 0. The highest BCUT2D eigenvalue weighted by molar-refractivity contribution is 7.10. The molecule has 5 heteroatoms. The van der Waals surface area contributed by atoms with E-state index >= 15 is 0 Å². The first-order chi connectivity index (χ1) is 10.6. The number of amides is 1. The van der Waals surface area contributed by atoms with E-state index in [-0.39, 0.29) is 5.91 Å². The zero-order valence-corrected chi connectivity index (χ0v) is 14.7. The standard InChI is InChI=1S/C17H22N2OS2/c1-13-9-14(16-6-4-8-22-16)10-19(13)12-17(20)18(2)11-15-5-3-7-21-15/h3-8,13-14H,9-12H2,1-2H3. The van der Waals surface area contributed by atoms with E-state index in [9.17, 15) is 4.79 Å². The van der Waals surface area contributed by atoms with Gasteiger partial charge in [0.25, 0.3) is 0 Å². The van der Waals surface area contributed by atoms with Crippen molar-refractivity contribution in [2.24, 2.45) is 0 Å². The molecule has 3 nitrogen and oxygen atoms in total. The average Bonchev–Trinajstić information content (AvgIpc) is 3.21. The maximum absolute atomic E-state index is 12.5. The van der Waals surface area contributed by atoms with Gasteiger partial charge in [-0.15, -0.1) is 22.7 Å². The Morgan fingerprint density at radius 2 is 2.09 bits per heavy atom. The Morgan fingerprint density at radius 1 is 1.32 bits per heavy atom. The molecule has 3 rings (SSSR count). The molecule has 22 heavy (non-hydrogen) atoms. The van der Waals surface area contributed by atoms with Gasteiger partial charge in [-0.2, -0.15) is 0 Å². The van der Waals surface area contributed by atoms with Crippen LogP contribution in [0.3, 0.4) is 0 Å². The smallest absolute Gasteiger partial charge is 0.236 e. The Hall–Kier alpha value is -1.17. The average molecular weight is 335 g/mol. The molecule has 0 bridgehead atoms. The second-order valence-electron chi connectivity index (χ2n) is 6.06. The summed E-state index contributed by atoms with van der Waals surface area (Å²) in [4.78, 5) is 19.3. The molecule has 0 N–H and O–H groups in total. The van der Waals surface area contributed by atoms with Crippen LogP contribution in [0.1, 0.15) is 29.0 Å². The maximum Gasteiger partial charge on any atom is 0.236 e. The van der Waals surface area contributed by atoms with Gasteiger partial charge in [0, 0.05) is 35.3 Å². The zero-order chi connectivity index (χ0) is 15.5. The lowest BCUT2D eigenvalue weighted by atomic mass is 10.1. The van der Waals surface area contributed by atoms with Crippen molar-refractivity contribution >= 4 is 28.6 Å². The maximum atomic E-state index is 12.5. The SMILES string of the molecule is CC1CC(c2cccs2)CN1CC(=O)N(C)Cc1cccs1. The lowest BCUT2D eigenvalue weighted by Gasteiger charge is -2.24. The fourth-order valence-electron chi connectivity index (χ4n) is 3.07. The van der Waals surface area contributed by atoms with Crippen LogP contribution in [0, 0.1) is 0 Å². The molecule has 0 aliphatic carbocycles. The highest BCUT2D eigenvalue weighted by Crippen LogP contribution is 2.33. The van der Waals surface area contributed by atoms with Gasteiger partial charge in [-0.05, 0) is 36.2 Å². The highest BCUT2D eigenvalue weighted by atomic mass is 32.1. The highest BCUT2D eigenvalue weighted by Gasteiger charge is 2.32. The minimum Gasteiger partial charge on any atom is -0.340 e. The zero-order valence-electron chi connectivity index (χ0n) is 13.1. The van der Waals surface area contributed by atoms with E-state index < -0.39 is 0 Å². The number of likely N-dealkylation sites (N-methyl/N-ethyl adjacent to an activating group) is 1. The summed E-state index contributed by atoms with van der Waals surface area (Å²) < 4.78 is 0. The number of nitrogens with zero attached hydrogens (tertiary/aromatic N) is 2. The minimum absolute atomic E-state index is 0.215. The number of carbonyl (C=O) groups excluding carboxylic acids is 1. The van der Waals surface area contributed by atoms with Crippen LogP contribution in [0.5, 0.6) is 0 Å². The van der Waals surface area contributed by atoms with Crippen molar-refractivity contribution in [2.75, 3.05) is 20.1 Å². The Morgan fingerprint density at radius 3 is 2.77 bits per heavy atom. The van der Waals surface area contributed by atoms with E-state index in [2.05, 4.69) is 40.8 Å². The first-order valence-electron chi connectivity index (χ1n) is 7.67. The summed E-state index contributed by atoms with van der Waals surface area (Å²) in [6, 6.07) is 8.93. The lowest BCUT2D eigenvalue weighted by Crippen LogP contribution is -2.39. The predicted octanol–water partition coefficient (Wildman–Crippen LogP) is 3.65. The van der Waals surface area contributed by atoms with Gasteiger partial charge in [0.1, 0.15) is 0 Å². The fraction of sp³-hybridized carbons (Fsp3) is 0.471. The molecule has 1 aliphatic rings. The largest absolute Gasteiger partial charge is 0.340 e. The Kier molecular flexibility index (Phi) is 4.96. The van der Waals surface area contributed by atoms with Crippen molar-refractivity contribution < 1.29 is 4.79 Å². The van der Waals surface area contributed by atoms with Gasteiger partial charge in [0.2, 0.25) is 5.91 Å². The molecule has 1 fully saturated rings. The minimum atomic E-state index is 0.215. The number of hydrogen-bond donors (Lipinski definition) is 0. The number of likely N-dealkylation sites (tertiary alicyclic amines) is 1. The Bertz CT molecular complexity index is 594. The van der Waals surface area contributed by atoms with Crippen molar-refractivity contribution in [3.8, 4) is 0 Å². The van der Waals surface area contributed by atoms with E-state index in [1.165, 1.54) is 9.75 Å². The van der Waals surface area contributed by atoms with Crippen LogP contribution >= 0.6 is 22.7 Å². The van der Waals surface area contributed by atoms with Gasteiger partial charge in [-0.1, -0.05) is 12.1 Å². The van der Waals surface area contributed by atoms with Gasteiger partial charge in [0.15, 0.2) is 0 Å². The second-order valence-corrected chi connectivity index (χ2v) is 8.07. The van der Waals surface area contributed by atoms with Crippen molar-refractivity contribution in [1.82, 2.24) is 9.80 Å². The molecule has 1 amide bonds. The molecule has 2 aromatic rings. The normalized spacial score (nSPS) is 22.1. The van der Waals surface area contributed by atoms with Crippen molar-refractivity contribution in [1.29, 1.82) is 0 Å². The van der Waals surface area contributed by atoms with Gasteiger partial charge < -0.3 is 4.90 Å². The number of carbonyl (C=O) groups is 1. The third-order valence-corrected chi connectivity index (χ3v) is 6.28. The molecule has 0 aromatic carbocycles. The third kappa shape index (κ3) is 3.59. The first-order valence-corrected chi connectivity index (χ1v) is 9.43. The lowest BCUT2D eigenvalue weighted by molar-refractivity contribution is -0.131. The molecular weight excluding hydrogens is 312 g/mol. The Labute approximate surface area is 140 Å². The molecule has 0 radical (unpaired) electrons. The van der Waals surface area contributed by atoms with Crippen LogP contribution in [0.2, 0.25) is 0 Å².